The van der Waals surface area contributed by atoms with E-state index in [-0.39, 0.29) is 13.1 Å². The van der Waals surface area contributed by atoms with E-state index in [1.54, 1.807) is 36.4 Å². The van der Waals surface area contributed by atoms with Crippen molar-refractivity contribution in [3.63, 3.8) is 0 Å². The molecule has 192 valence electrons. The molecule has 37 heavy (non-hydrogen) atoms. The molecule has 1 N–H and O–H groups in total. The van der Waals surface area contributed by atoms with Crippen molar-refractivity contribution in [2.45, 2.75) is 45.4 Å². The number of nitrogens with zero attached hydrogens (tertiary/aromatic N) is 5. The fraction of sp³-hybridized carbons (Fsp3) is 0.269. The number of nitrogens with one attached hydrogen (secondary N) is 1. The lowest BCUT2D eigenvalue weighted by Gasteiger charge is -2.33. The molecule has 0 spiro atoms. The third kappa shape index (κ3) is 6.79. The number of furan rings is 1. The largest absolute Gasteiger partial charge is 0.467 e. The Kier molecular flexibility index (Phi) is 7.68. The van der Waals surface area contributed by atoms with Crippen molar-refractivity contribution in [3.8, 4) is 11.4 Å². The van der Waals surface area contributed by atoms with Crippen molar-refractivity contribution in [1.29, 1.82) is 0 Å². The Morgan fingerprint density at radius 3 is 2.43 bits per heavy atom. The van der Waals surface area contributed by atoms with Crippen molar-refractivity contribution in [2.75, 3.05) is 0 Å². The summed E-state index contributed by atoms with van der Waals surface area (Å²) >= 11 is 5.95. The third-order valence-electron chi connectivity index (χ3n) is 5.30. The van der Waals surface area contributed by atoms with Crippen LogP contribution >= 0.6 is 11.6 Å². The van der Waals surface area contributed by atoms with E-state index >= 15 is 0 Å². The van der Waals surface area contributed by atoms with Gasteiger partial charge < -0.3 is 14.6 Å². The van der Waals surface area contributed by atoms with Gasteiger partial charge in [0.25, 0.3) is 0 Å². The number of halogens is 2. The lowest BCUT2D eigenvalue weighted by Crippen LogP contribution is -2.49. The van der Waals surface area contributed by atoms with Crippen LogP contribution in [0.1, 0.15) is 38.1 Å². The van der Waals surface area contributed by atoms with Gasteiger partial charge in [-0.05, 0) is 80.1 Å². The summed E-state index contributed by atoms with van der Waals surface area (Å²) in [6.45, 7) is 5.21. The number of tetrazole rings is 1. The molecule has 2 aromatic heterocycles. The van der Waals surface area contributed by atoms with Crippen LogP contribution in [0.15, 0.2) is 71.3 Å². The van der Waals surface area contributed by atoms with E-state index in [2.05, 4.69) is 20.7 Å². The van der Waals surface area contributed by atoms with Crippen LogP contribution in [0.3, 0.4) is 0 Å². The molecule has 11 heteroatoms. The van der Waals surface area contributed by atoms with Gasteiger partial charge in [-0.2, -0.15) is 4.80 Å². The highest BCUT2D eigenvalue weighted by atomic mass is 35.5. The summed E-state index contributed by atoms with van der Waals surface area (Å²) in [5.41, 5.74) is 0.552. The molecule has 9 nitrogen and oxygen atoms in total. The highest BCUT2D eigenvalue weighted by Crippen LogP contribution is 2.26. The lowest BCUT2D eigenvalue weighted by molar-refractivity contribution is -0.143. The first-order valence-corrected chi connectivity index (χ1v) is 11.9. The summed E-state index contributed by atoms with van der Waals surface area (Å²) in [5, 5.41) is 15.8. The minimum absolute atomic E-state index is 0.00974. The minimum atomic E-state index is -1.07. The molecule has 0 fully saturated rings. The first-order valence-electron chi connectivity index (χ1n) is 11.5. The van der Waals surface area contributed by atoms with Gasteiger partial charge in [0, 0.05) is 16.1 Å². The second-order valence-corrected chi connectivity index (χ2v) is 9.88. The molecule has 0 aliphatic rings. The number of carbonyl (C=O) groups is 2. The predicted molar refractivity (Wildman–Crippen MR) is 135 cm³/mol. The number of hydrogen-bond acceptors (Lipinski definition) is 6. The number of benzene rings is 2. The zero-order valence-electron chi connectivity index (χ0n) is 20.6. The maximum atomic E-state index is 13.7. The van der Waals surface area contributed by atoms with Gasteiger partial charge in [-0.1, -0.05) is 23.7 Å². The molecular formula is C26H26ClFN6O3. The van der Waals surface area contributed by atoms with Crippen molar-refractivity contribution in [3.05, 3.63) is 89.1 Å². The average Bonchev–Trinajstić information content (AvgIpc) is 3.51. The molecule has 1 atom stereocenters. The van der Waals surface area contributed by atoms with Crippen LogP contribution in [0.25, 0.3) is 11.4 Å². The zero-order valence-corrected chi connectivity index (χ0v) is 21.3. The van der Waals surface area contributed by atoms with E-state index in [9.17, 15) is 14.0 Å². The molecule has 0 aliphatic heterocycles. The summed E-state index contributed by atoms with van der Waals surface area (Å²) < 4.78 is 19.2. The van der Waals surface area contributed by atoms with Gasteiger partial charge in [-0.15, -0.1) is 10.2 Å². The standard InChI is InChI=1S/C26H26ClFN6O3/c1-26(2,3)29-25(36)23(17-8-12-20(28)13-9-17)33(15-21-5-4-14-37-21)22(35)16-34-31-24(30-32-34)18-6-10-19(27)11-7-18/h4-14,23H,15-16H2,1-3H3,(H,29,36). The van der Waals surface area contributed by atoms with Gasteiger partial charge in [-0.25, -0.2) is 4.39 Å². The number of aromatic nitrogens is 4. The van der Waals surface area contributed by atoms with Gasteiger partial charge in [0.2, 0.25) is 17.6 Å². The summed E-state index contributed by atoms with van der Waals surface area (Å²) in [7, 11) is 0. The number of hydrogen-bond donors (Lipinski definition) is 1. The van der Waals surface area contributed by atoms with E-state index in [0.717, 1.165) is 4.80 Å². The molecule has 0 radical (unpaired) electrons. The van der Waals surface area contributed by atoms with Crippen molar-refractivity contribution >= 4 is 23.4 Å². The molecule has 2 aromatic carbocycles. The van der Waals surface area contributed by atoms with Crippen LogP contribution in [0.4, 0.5) is 4.39 Å². The van der Waals surface area contributed by atoms with E-state index in [1.165, 1.54) is 35.4 Å². The smallest absolute Gasteiger partial charge is 0.247 e. The Bertz CT molecular complexity index is 1350. The molecule has 2 amide bonds. The van der Waals surface area contributed by atoms with E-state index in [4.69, 9.17) is 16.0 Å². The molecular weight excluding hydrogens is 499 g/mol. The fourth-order valence-corrected chi connectivity index (χ4v) is 3.81. The van der Waals surface area contributed by atoms with Crippen LogP contribution in [-0.2, 0) is 22.7 Å². The molecule has 0 saturated carbocycles. The normalized spacial score (nSPS) is 12.2. The zero-order chi connectivity index (χ0) is 26.6. The number of amides is 2. The summed E-state index contributed by atoms with van der Waals surface area (Å²) in [6.07, 6.45) is 1.48. The molecule has 1 unspecified atom stereocenters. The maximum Gasteiger partial charge on any atom is 0.247 e. The topological polar surface area (TPSA) is 106 Å². The van der Waals surface area contributed by atoms with Gasteiger partial charge in [-0.3, -0.25) is 9.59 Å². The second-order valence-electron chi connectivity index (χ2n) is 9.44. The minimum Gasteiger partial charge on any atom is -0.467 e. The Morgan fingerprint density at radius 1 is 1.11 bits per heavy atom. The van der Waals surface area contributed by atoms with Crippen LogP contribution in [0, 0.1) is 5.82 Å². The number of rotatable bonds is 8. The maximum absolute atomic E-state index is 13.7. The number of carbonyl (C=O) groups excluding carboxylic acids is 2. The third-order valence-corrected chi connectivity index (χ3v) is 5.55. The van der Waals surface area contributed by atoms with Crippen molar-refractivity contribution in [1.82, 2.24) is 30.4 Å². The van der Waals surface area contributed by atoms with Crippen LogP contribution in [0.2, 0.25) is 5.02 Å². The van der Waals surface area contributed by atoms with Gasteiger partial charge >= 0.3 is 0 Å². The Morgan fingerprint density at radius 2 is 1.81 bits per heavy atom. The van der Waals surface area contributed by atoms with Gasteiger partial charge in [0.15, 0.2) is 0 Å². The quantitative estimate of drug-likeness (QED) is 0.366. The molecule has 4 aromatic rings. The first kappa shape index (κ1) is 26.0. The van der Waals surface area contributed by atoms with Crippen LogP contribution < -0.4 is 5.32 Å². The Hall–Kier alpha value is -4.05. The molecule has 0 bridgehead atoms. The SMILES string of the molecule is CC(C)(C)NC(=O)C(c1ccc(F)cc1)N(Cc1ccco1)C(=O)Cn1nnc(-c2ccc(Cl)cc2)n1. The average molecular weight is 525 g/mol. The van der Waals surface area contributed by atoms with Crippen LogP contribution in [0.5, 0.6) is 0 Å². The fourth-order valence-electron chi connectivity index (χ4n) is 3.69. The van der Waals surface area contributed by atoms with E-state index in [0.29, 0.717) is 27.7 Å². The summed E-state index contributed by atoms with van der Waals surface area (Å²) in [6, 6.07) is 14.7. The summed E-state index contributed by atoms with van der Waals surface area (Å²) in [5.74, 6) is -0.550. The lowest BCUT2D eigenvalue weighted by atomic mass is 10.0. The predicted octanol–water partition coefficient (Wildman–Crippen LogP) is 4.41. The molecule has 0 saturated heterocycles. The Balaban J connectivity index is 1.66. The molecule has 0 aliphatic carbocycles. The van der Waals surface area contributed by atoms with Crippen LogP contribution in [-0.4, -0.2) is 42.5 Å². The van der Waals surface area contributed by atoms with E-state index < -0.39 is 29.2 Å². The first-order chi connectivity index (χ1) is 17.6. The highest BCUT2D eigenvalue weighted by Gasteiger charge is 2.34. The van der Waals surface area contributed by atoms with Crippen molar-refractivity contribution < 1.29 is 18.4 Å². The Labute approximate surface area is 218 Å². The highest BCUT2D eigenvalue weighted by molar-refractivity contribution is 6.30. The molecule has 2 heterocycles. The van der Waals surface area contributed by atoms with Gasteiger partial charge in [0.05, 0.1) is 12.8 Å². The second kappa shape index (κ2) is 10.9. The van der Waals surface area contributed by atoms with E-state index in [1.807, 2.05) is 20.8 Å². The molecule has 4 rings (SSSR count). The monoisotopic (exact) mass is 524 g/mol. The van der Waals surface area contributed by atoms with Gasteiger partial charge in [0.1, 0.15) is 24.2 Å². The summed E-state index contributed by atoms with van der Waals surface area (Å²) in [4.78, 5) is 29.7. The van der Waals surface area contributed by atoms with Crippen molar-refractivity contribution in [2.24, 2.45) is 0 Å².